The molecule has 3 nitrogen and oxygen atoms in total. The molecule has 4 heteroatoms. The molecule has 0 spiro atoms. The summed E-state index contributed by atoms with van der Waals surface area (Å²) in [5, 5.41) is 6.83. The molecule has 1 aromatic heterocycles. The Bertz CT molecular complexity index is 378. The van der Waals surface area contributed by atoms with E-state index in [-0.39, 0.29) is 0 Å². The Morgan fingerprint density at radius 1 is 1.32 bits per heavy atom. The van der Waals surface area contributed by atoms with E-state index >= 15 is 0 Å². The lowest BCUT2D eigenvalue weighted by atomic mass is 9.87. The largest absolute Gasteiger partial charge is 0.348 e. The average Bonchev–Trinajstić information content (AvgIpc) is 2.85. The molecule has 1 N–H and O–H groups in total. The zero-order valence-corrected chi connectivity index (χ0v) is 13.5. The predicted octanol–water partition coefficient (Wildman–Crippen LogP) is 3.51. The molecule has 0 saturated carbocycles. The summed E-state index contributed by atoms with van der Waals surface area (Å²) in [6, 6.07) is 0.520. The highest BCUT2D eigenvalue weighted by atomic mass is 32.1. The molecule has 2 heterocycles. The van der Waals surface area contributed by atoms with Crippen LogP contribution < -0.4 is 10.2 Å². The molecule has 0 bridgehead atoms. The van der Waals surface area contributed by atoms with E-state index in [4.69, 9.17) is 4.98 Å². The average molecular weight is 281 g/mol. The van der Waals surface area contributed by atoms with Crippen molar-refractivity contribution in [3.05, 3.63) is 11.1 Å². The van der Waals surface area contributed by atoms with Gasteiger partial charge in [0, 0.05) is 31.1 Å². The van der Waals surface area contributed by atoms with Gasteiger partial charge in [0.15, 0.2) is 5.13 Å². The van der Waals surface area contributed by atoms with Gasteiger partial charge in [-0.3, -0.25) is 0 Å². The molecule has 0 unspecified atom stereocenters. The molecular weight excluding hydrogens is 254 g/mol. The summed E-state index contributed by atoms with van der Waals surface area (Å²) in [7, 11) is 0. The lowest BCUT2D eigenvalue weighted by Crippen LogP contribution is -2.35. The van der Waals surface area contributed by atoms with Crippen LogP contribution in [0, 0.1) is 11.8 Å². The zero-order valence-electron chi connectivity index (χ0n) is 12.6. The molecule has 1 aliphatic rings. The Hall–Kier alpha value is -0.610. The minimum Gasteiger partial charge on any atom is -0.348 e. The first-order valence-corrected chi connectivity index (χ1v) is 8.37. The van der Waals surface area contributed by atoms with E-state index in [0.29, 0.717) is 6.04 Å². The number of hydrogen-bond donors (Lipinski definition) is 1. The first kappa shape index (κ1) is 14.8. The summed E-state index contributed by atoms with van der Waals surface area (Å²) in [6.07, 6.45) is 2.63. The van der Waals surface area contributed by atoms with Crippen LogP contribution in [0.3, 0.4) is 0 Å². The van der Waals surface area contributed by atoms with Gasteiger partial charge in [0.25, 0.3) is 0 Å². The third-order valence-electron chi connectivity index (χ3n) is 3.98. The van der Waals surface area contributed by atoms with Crippen LogP contribution in [-0.2, 0) is 6.54 Å². The quantitative estimate of drug-likeness (QED) is 0.895. The van der Waals surface area contributed by atoms with Gasteiger partial charge in [0.05, 0.1) is 5.69 Å². The van der Waals surface area contributed by atoms with Crippen LogP contribution in [0.15, 0.2) is 5.38 Å². The van der Waals surface area contributed by atoms with Gasteiger partial charge in [-0.2, -0.15) is 0 Å². The molecule has 1 aromatic rings. The molecule has 2 rings (SSSR count). The van der Waals surface area contributed by atoms with Crippen molar-refractivity contribution in [1.82, 2.24) is 10.3 Å². The highest BCUT2D eigenvalue weighted by Crippen LogP contribution is 2.29. The van der Waals surface area contributed by atoms with E-state index in [1.54, 1.807) is 11.3 Å². The fourth-order valence-corrected chi connectivity index (χ4v) is 3.47. The van der Waals surface area contributed by atoms with Gasteiger partial charge in [-0.15, -0.1) is 11.3 Å². The summed E-state index contributed by atoms with van der Waals surface area (Å²) in [4.78, 5) is 7.22. The lowest BCUT2D eigenvalue weighted by molar-refractivity contribution is 0.311. The third kappa shape index (κ3) is 4.18. The number of thiazole rings is 1. The molecule has 0 aromatic carbocycles. The van der Waals surface area contributed by atoms with E-state index in [1.165, 1.54) is 36.8 Å². The van der Waals surface area contributed by atoms with E-state index in [9.17, 15) is 0 Å². The van der Waals surface area contributed by atoms with Gasteiger partial charge in [0.1, 0.15) is 0 Å². The zero-order chi connectivity index (χ0) is 13.8. The van der Waals surface area contributed by atoms with Crippen molar-refractivity contribution in [1.29, 1.82) is 0 Å². The van der Waals surface area contributed by atoms with Gasteiger partial charge in [-0.05, 0) is 24.7 Å². The first-order valence-electron chi connectivity index (χ1n) is 7.49. The summed E-state index contributed by atoms with van der Waals surface area (Å²) in [5.74, 6) is 1.72. The first-order chi connectivity index (χ1) is 9.06. The summed E-state index contributed by atoms with van der Waals surface area (Å²) in [5.41, 5.74) is 1.18. The minimum absolute atomic E-state index is 0.520. The van der Waals surface area contributed by atoms with Gasteiger partial charge in [-0.1, -0.05) is 27.7 Å². The van der Waals surface area contributed by atoms with Crippen LogP contribution in [0.1, 0.15) is 46.2 Å². The van der Waals surface area contributed by atoms with Crippen molar-refractivity contribution < 1.29 is 0 Å². The maximum Gasteiger partial charge on any atom is 0.185 e. The second kappa shape index (κ2) is 6.71. The number of nitrogens with zero attached hydrogens (tertiary/aromatic N) is 2. The van der Waals surface area contributed by atoms with Crippen molar-refractivity contribution in [2.75, 3.05) is 18.0 Å². The van der Waals surface area contributed by atoms with Crippen LogP contribution in [0.25, 0.3) is 0 Å². The van der Waals surface area contributed by atoms with E-state index in [0.717, 1.165) is 18.4 Å². The minimum atomic E-state index is 0.520. The van der Waals surface area contributed by atoms with E-state index < -0.39 is 0 Å². The van der Waals surface area contributed by atoms with Crippen molar-refractivity contribution in [3.63, 3.8) is 0 Å². The molecule has 108 valence electrons. The number of aromatic nitrogens is 1. The highest BCUT2D eigenvalue weighted by molar-refractivity contribution is 7.13. The Balaban J connectivity index is 1.86. The molecule has 0 aliphatic carbocycles. The number of anilines is 1. The molecule has 0 amide bonds. The second-order valence-corrected chi connectivity index (χ2v) is 7.06. The van der Waals surface area contributed by atoms with Crippen molar-refractivity contribution in [2.24, 2.45) is 11.8 Å². The standard InChI is InChI=1S/C15H27N3S/c1-11(2)13-5-7-18(8-6-13)15-17-14(10-19-15)9-16-12(3)4/h10-13,16H,5-9H2,1-4H3. The van der Waals surface area contributed by atoms with E-state index in [2.05, 4.69) is 43.3 Å². The molecule has 0 atom stereocenters. The molecule has 1 aliphatic heterocycles. The van der Waals surface area contributed by atoms with Gasteiger partial charge in [0.2, 0.25) is 0 Å². The number of nitrogens with one attached hydrogen (secondary N) is 1. The van der Waals surface area contributed by atoms with Gasteiger partial charge < -0.3 is 10.2 Å². The Morgan fingerprint density at radius 3 is 2.58 bits per heavy atom. The maximum atomic E-state index is 4.76. The second-order valence-electron chi connectivity index (χ2n) is 6.23. The Kier molecular flexibility index (Phi) is 5.22. The Morgan fingerprint density at radius 2 is 2.00 bits per heavy atom. The lowest BCUT2D eigenvalue weighted by Gasteiger charge is -2.33. The fraction of sp³-hybridized carbons (Fsp3) is 0.800. The van der Waals surface area contributed by atoms with Crippen molar-refractivity contribution in [3.8, 4) is 0 Å². The predicted molar refractivity (Wildman–Crippen MR) is 83.9 cm³/mol. The molecule has 1 saturated heterocycles. The van der Waals surface area contributed by atoms with Crippen LogP contribution in [-0.4, -0.2) is 24.1 Å². The summed E-state index contributed by atoms with van der Waals surface area (Å²) >= 11 is 1.79. The van der Waals surface area contributed by atoms with Crippen LogP contribution in [0.2, 0.25) is 0 Å². The van der Waals surface area contributed by atoms with Crippen LogP contribution in [0.5, 0.6) is 0 Å². The smallest absolute Gasteiger partial charge is 0.185 e. The fourth-order valence-electron chi connectivity index (χ4n) is 2.59. The normalized spacial score (nSPS) is 17.7. The number of piperidine rings is 1. The molecule has 0 radical (unpaired) electrons. The molecule has 1 fully saturated rings. The van der Waals surface area contributed by atoms with Gasteiger partial charge in [-0.25, -0.2) is 4.98 Å². The summed E-state index contributed by atoms with van der Waals surface area (Å²) < 4.78 is 0. The summed E-state index contributed by atoms with van der Waals surface area (Å²) in [6.45, 7) is 12.3. The molecular formula is C15H27N3S. The van der Waals surface area contributed by atoms with Crippen LogP contribution >= 0.6 is 11.3 Å². The van der Waals surface area contributed by atoms with E-state index in [1.807, 2.05) is 0 Å². The SMILES string of the molecule is CC(C)NCc1csc(N2CCC(C(C)C)CC2)n1. The molecule has 19 heavy (non-hydrogen) atoms. The van der Waals surface area contributed by atoms with Crippen molar-refractivity contribution in [2.45, 2.75) is 53.1 Å². The van der Waals surface area contributed by atoms with Crippen molar-refractivity contribution >= 4 is 16.5 Å². The highest BCUT2D eigenvalue weighted by Gasteiger charge is 2.23. The maximum absolute atomic E-state index is 4.76. The monoisotopic (exact) mass is 281 g/mol. The van der Waals surface area contributed by atoms with Gasteiger partial charge >= 0.3 is 0 Å². The Labute approximate surface area is 121 Å². The number of hydrogen-bond acceptors (Lipinski definition) is 4. The number of rotatable bonds is 5. The van der Waals surface area contributed by atoms with Crippen LogP contribution in [0.4, 0.5) is 5.13 Å². The topological polar surface area (TPSA) is 28.2 Å². The third-order valence-corrected chi connectivity index (χ3v) is 4.93.